The summed E-state index contributed by atoms with van der Waals surface area (Å²) in [6.07, 6.45) is 5.34. The average Bonchev–Trinajstić information content (AvgIpc) is 3.24. The van der Waals surface area contributed by atoms with Gasteiger partial charge in [-0.25, -0.2) is 0 Å². The van der Waals surface area contributed by atoms with Crippen LogP contribution in [0.3, 0.4) is 0 Å². The molecule has 4 N–H and O–H groups in total. The molecule has 2 fully saturated rings. The summed E-state index contributed by atoms with van der Waals surface area (Å²) in [4.78, 5) is 37.3. The van der Waals surface area contributed by atoms with Gasteiger partial charge in [-0.3, -0.25) is 14.4 Å². The highest BCUT2D eigenvalue weighted by atomic mass is 32.1. The third-order valence-corrected chi connectivity index (χ3v) is 7.12. The number of carbonyl (C=O) groups is 3. The molecule has 2 saturated carbocycles. The Morgan fingerprint density at radius 1 is 1.12 bits per heavy atom. The first-order valence-electron chi connectivity index (χ1n) is 8.45. The molecule has 0 unspecified atom stereocenters. The molecule has 2 amide bonds. The Kier molecular flexibility index (Phi) is 3.63. The van der Waals surface area contributed by atoms with E-state index in [0.717, 1.165) is 49.0 Å². The molecule has 24 heavy (non-hydrogen) atoms. The van der Waals surface area contributed by atoms with Crippen LogP contribution in [0.5, 0.6) is 0 Å². The third kappa shape index (κ3) is 2.25. The van der Waals surface area contributed by atoms with E-state index in [1.54, 1.807) is 0 Å². The number of amides is 2. The van der Waals surface area contributed by atoms with Gasteiger partial charge in [-0.2, -0.15) is 0 Å². The van der Waals surface area contributed by atoms with Gasteiger partial charge in [-0.1, -0.05) is 0 Å². The van der Waals surface area contributed by atoms with Crippen LogP contribution < -0.4 is 11.1 Å². The molecule has 7 heteroatoms. The summed E-state index contributed by atoms with van der Waals surface area (Å²) in [5.41, 5.74) is 6.91. The minimum atomic E-state index is -0.883. The number of aryl methyl sites for hydroxylation is 1. The topological polar surface area (TPSA) is 109 Å². The van der Waals surface area contributed by atoms with Crippen molar-refractivity contribution >= 4 is 34.1 Å². The smallest absolute Gasteiger partial charge is 0.307 e. The molecule has 3 aliphatic rings. The lowest BCUT2D eigenvalue weighted by Gasteiger charge is -2.26. The maximum absolute atomic E-state index is 12.8. The summed E-state index contributed by atoms with van der Waals surface area (Å²) in [7, 11) is 0. The van der Waals surface area contributed by atoms with Crippen molar-refractivity contribution in [3.8, 4) is 0 Å². The number of thiophene rings is 1. The first kappa shape index (κ1) is 15.6. The lowest BCUT2D eigenvalue weighted by Crippen LogP contribution is -2.38. The van der Waals surface area contributed by atoms with Crippen LogP contribution in [0, 0.1) is 23.7 Å². The van der Waals surface area contributed by atoms with Crippen molar-refractivity contribution in [1.29, 1.82) is 0 Å². The van der Waals surface area contributed by atoms with E-state index in [2.05, 4.69) is 5.32 Å². The van der Waals surface area contributed by atoms with E-state index in [1.165, 1.54) is 11.3 Å². The number of rotatable bonds is 4. The molecule has 1 aromatic rings. The number of fused-ring (bicyclic) bond motifs is 3. The van der Waals surface area contributed by atoms with E-state index >= 15 is 0 Å². The molecule has 6 nitrogen and oxygen atoms in total. The molecule has 0 aliphatic heterocycles. The normalized spacial score (nSPS) is 30.3. The van der Waals surface area contributed by atoms with Gasteiger partial charge in [0.2, 0.25) is 5.91 Å². The number of nitrogens with two attached hydrogens (primary N) is 1. The number of hydrogen-bond donors (Lipinski definition) is 3. The fourth-order valence-electron chi connectivity index (χ4n) is 4.97. The van der Waals surface area contributed by atoms with Crippen LogP contribution >= 0.6 is 11.3 Å². The summed E-state index contributed by atoms with van der Waals surface area (Å²) in [6, 6.07) is 0. The van der Waals surface area contributed by atoms with Gasteiger partial charge >= 0.3 is 5.97 Å². The summed E-state index contributed by atoms with van der Waals surface area (Å²) in [5, 5.41) is 12.9. The second-order valence-electron chi connectivity index (χ2n) is 7.14. The van der Waals surface area contributed by atoms with Crippen LogP contribution in [0.1, 0.15) is 46.5 Å². The van der Waals surface area contributed by atoms with E-state index in [-0.39, 0.29) is 17.7 Å². The van der Waals surface area contributed by atoms with Crippen LogP contribution in [-0.2, 0) is 22.4 Å². The number of carboxylic acid groups (broad SMARTS) is 1. The van der Waals surface area contributed by atoms with E-state index in [4.69, 9.17) is 5.73 Å². The second-order valence-corrected chi connectivity index (χ2v) is 8.24. The Morgan fingerprint density at radius 2 is 1.83 bits per heavy atom. The predicted octanol–water partition coefficient (Wildman–Crippen LogP) is 2.02. The number of carboxylic acids is 1. The Bertz CT molecular complexity index is 741. The summed E-state index contributed by atoms with van der Waals surface area (Å²) < 4.78 is 0. The van der Waals surface area contributed by atoms with Crippen molar-refractivity contribution in [3.05, 3.63) is 16.0 Å². The monoisotopic (exact) mass is 348 g/mol. The van der Waals surface area contributed by atoms with Crippen molar-refractivity contribution in [3.63, 3.8) is 0 Å². The first-order valence-corrected chi connectivity index (χ1v) is 9.27. The van der Waals surface area contributed by atoms with Gasteiger partial charge in [0, 0.05) is 4.88 Å². The number of aliphatic carboxylic acids is 1. The van der Waals surface area contributed by atoms with Crippen LogP contribution in [0.4, 0.5) is 5.00 Å². The summed E-state index contributed by atoms with van der Waals surface area (Å²) in [5.74, 6) is -2.53. The number of nitrogens with one attached hydrogen (secondary N) is 1. The summed E-state index contributed by atoms with van der Waals surface area (Å²) in [6.45, 7) is 0. The van der Waals surface area contributed by atoms with E-state index in [0.29, 0.717) is 10.6 Å². The van der Waals surface area contributed by atoms with Gasteiger partial charge in [0.05, 0.1) is 17.4 Å². The minimum absolute atomic E-state index is 0.104. The zero-order chi connectivity index (χ0) is 17.0. The highest BCUT2D eigenvalue weighted by Crippen LogP contribution is 2.53. The molecule has 1 heterocycles. The Labute approximate surface area is 143 Å². The third-order valence-electron chi connectivity index (χ3n) is 5.91. The standard InChI is InChI=1S/C17H20N2O4S/c18-14(20)13-9-2-1-3-10(9)24-16(13)19-15(21)11-7-4-5-8(6-7)12(11)17(22)23/h7-8,11-12H,1-6H2,(H2,18,20)(H,19,21)(H,22,23)/t7-,8+,11+,12+/m1/s1. The van der Waals surface area contributed by atoms with Crippen molar-refractivity contribution in [2.24, 2.45) is 29.4 Å². The first-order chi connectivity index (χ1) is 11.5. The molecule has 3 aliphatic carbocycles. The largest absolute Gasteiger partial charge is 0.481 e. The molecule has 1 aromatic heterocycles. The molecular formula is C17H20N2O4S. The molecule has 0 spiro atoms. The summed E-state index contributed by atoms with van der Waals surface area (Å²) >= 11 is 1.41. The zero-order valence-corrected chi connectivity index (χ0v) is 14.0. The zero-order valence-electron chi connectivity index (χ0n) is 13.2. The van der Waals surface area contributed by atoms with Gasteiger partial charge in [0.1, 0.15) is 5.00 Å². The van der Waals surface area contributed by atoms with Gasteiger partial charge < -0.3 is 16.2 Å². The second kappa shape index (κ2) is 5.58. The van der Waals surface area contributed by atoms with Crippen LogP contribution in [-0.4, -0.2) is 22.9 Å². The number of anilines is 1. The highest BCUT2D eigenvalue weighted by molar-refractivity contribution is 7.17. The lowest BCUT2D eigenvalue weighted by molar-refractivity contribution is -0.148. The molecule has 128 valence electrons. The van der Waals surface area contributed by atoms with Gasteiger partial charge in [-0.15, -0.1) is 11.3 Å². The predicted molar refractivity (Wildman–Crippen MR) is 88.9 cm³/mol. The van der Waals surface area contributed by atoms with Crippen molar-refractivity contribution < 1.29 is 19.5 Å². The van der Waals surface area contributed by atoms with Gasteiger partial charge in [0.25, 0.3) is 5.91 Å². The number of hydrogen-bond acceptors (Lipinski definition) is 4. The van der Waals surface area contributed by atoms with E-state index in [9.17, 15) is 19.5 Å². The lowest BCUT2D eigenvalue weighted by atomic mass is 9.79. The van der Waals surface area contributed by atoms with E-state index < -0.39 is 23.7 Å². The molecule has 2 bridgehead atoms. The quantitative estimate of drug-likeness (QED) is 0.773. The number of primary amides is 1. The van der Waals surface area contributed by atoms with Crippen LogP contribution in [0.2, 0.25) is 0 Å². The highest BCUT2D eigenvalue weighted by Gasteiger charge is 2.54. The maximum atomic E-state index is 12.8. The molecule has 0 radical (unpaired) electrons. The van der Waals surface area contributed by atoms with Crippen LogP contribution in [0.15, 0.2) is 0 Å². The van der Waals surface area contributed by atoms with Crippen molar-refractivity contribution in [2.75, 3.05) is 5.32 Å². The average molecular weight is 348 g/mol. The Hall–Kier alpha value is -1.89. The SMILES string of the molecule is NC(=O)c1c(NC(=O)[C@H]2[C@@H]3CC[C@@H](C3)[C@@H]2C(=O)O)sc2c1CCC2. The number of carbonyl (C=O) groups excluding carboxylic acids is 2. The maximum Gasteiger partial charge on any atom is 0.307 e. The van der Waals surface area contributed by atoms with Gasteiger partial charge in [0.15, 0.2) is 0 Å². The Balaban J connectivity index is 1.61. The van der Waals surface area contributed by atoms with Crippen molar-refractivity contribution in [2.45, 2.75) is 38.5 Å². The molecule has 0 aromatic carbocycles. The van der Waals surface area contributed by atoms with Gasteiger partial charge in [-0.05, 0) is 55.9 Å². The van der Waals surface area contributed by atoms with Crippen LogP contribution in [0.25, 0.3) is 0 Å². The fraction of sp³-hybridized carbons (Fsp3) is 0.588. The van der Waals surface area contributed by atoms with Crippen molar-refractivity contribution in [1.82, 2.24) is 0 Å². The fourth-order valence-corrected chi connectivity index (χ4v) is 6.27. The molecule has 4 rings (SSSR count). The van der Waals surface area contributed by atoms with E-state index in [1.807, 2.05) is 0 Å². The molecule has 0 saturated heterocycles. The molecule has 4 atom stereocenters. The minimum Gasteiger partial charge on any atom is -0.481 e. The molecular weight excluding hydrogens is 328 g/mol. The Morgan fingerprint density at radius 3 is 2.50 bits per heavy atom.